The number of hydrogen-bond donors (Lipinski definition) is 1. The van der Waals surface area contributed by atoms with E-state index in [0.29, 0.717) is 4.47 Å². The van der Waals surface area contributed by atoms with Crippen molar-refractivity contribution in [2.75, 3.05) is 13.1 Å². The molecule has 0 radical (unpaired) electrons. The van der Waals surface area contributed by atoms with Gasteiger partial charge < -0.3 is 5.73 Å². The lowest BCUT2D eigenvalue weighted by molar-refractivity contribution is -0.385. The van der Waals surface area contributed by atoms with E-state index in [0.717, 1.165) is 38.0 Å². The molecule has 1 aromatic carbocycles. The summed E-state index contributed by atoms with van der Waals surface area (Å²) in [5.41, 5.74) is 7.00. The first-order valence-electron chi connectivity index (χ1n) is 5.97. The molecule has 1 saturated heterocycles. The molecule has 2 N–H and O–H groups in total. The molecule has 1 atom stereocenters. The third-order valence-corrected chi connectivity index (χ3v) is 3.83. The quantitative estimate of drug-likeness (QED) is 0.686. The summed E-state index contributed by atoms with van der Waals surface area (Å²) in [5.74, 6) is 0. The Morgan fingerprint density at radius 1 is 1.56 bits per heavy atom. The first-order valence-corrected chi connectivity index (χ1v) is 6.76. The van der Waals surface area contributed by atoms with Crippen LogP contribution in [0.25, 0.3) is 0 Å². The maximum atomic E-state index is 10.9. The highest BCUT2D eigenvalue weighted by molar-refractivity contribution is 9.10. The highest BCUT2D eigenvalue weighted by Gasteiger charge is 2.18. The molecule has 1 fully saturated rings. The van der Waals surface area contributed by atoms with Gasteiger partial charge in [-0.3, -0.25) is 15.0 Å². The number of rotatable bonds is 3. The van der Waals surface area contributed by atoms with Crippen LogP contribution in [0, 0.1) is 10.1 Å². The van der Waals surface area contributed by atoms with Crippen LogP contribution < -0.4 is 5.73 Å². The van der Waals surface area contributed by atoms with Gasteiger partial charge in [-0.05, 0) is 46.9 Å². The van der Waals surface area contributed by atoms with Crippen LogP contribution in [-0.4, -0.2) is 29.0 Å². The van der Waals surface area contributed by atoms with E-state index in [1.165, 1.54) is 0 Å². The van der Waals surface area contributed by atoms with Gasteiger partial charge in [0.25, 0.3) is 5.69 Å². The number of nitro groups is 1. The van der Waals surface area contributed by atoms with Crippen LogP contribution in [0.4, 0.5) is 5.69 Å². The number of halogens is 1. The van der Waals surface area contributed by atoms with Gasteiger partial charge in [0.1, 0.15) is 0 Å². The minimum Gasteiger partial charge on any atom is -0.327 e. The van der Waals surface area contributed by atoms with E-state index in [4.69, 9.17) is 5.73 Å². The molecule has 1 aliphatic heterocycles. The molecule has 6 heteroatoms. The maximum Gasteiger partial charge on any atom is 0.283 e. The van der Waals surface area contributed by atoms with Crippen LogP contribution in [0.1, 0.15) is 18.4 Å². The molecular formula is C12H16BrN3O2. The first-order chi connectivity index (χ1) is 8.56. The molecule has 5 nitrogen and oxygen atoms in total. The molecule has 1 aromatic rings. The Balaban J connectivity index is 2.09. The van der Waals surface area contributed by atoms with Crippen molar-refractivity contribution >= 4 is 21.6 Å². The van der Waals surface area contributed by atoms with Gasteiger partial charge in [0.2, 0.25) is 0 Å². The van der Waals surface area contributed by atoms with E-state index in [9.17, 15) is 10.1 Å². The van der Waals surface area contributed by atoms with E-state index in [2.05, 4.69) is 20.8 Å². The minimum atomic E-state index is -0.366. The van der Waals surface area contributed by atoms with Gasteiger partial charge in [0.15, 0.2) is 0 Å². The van der Waals surface area contributed by atoms with Gasteiger partial charge in [0.05, 0.1) is 9.40 Å². The average molecular weight is 314 g/mol. The second kappa shape index (κ2) is 5.77. The normalized spacial score (nSPS) is 20.9. The highest BCUT2D eigenvalue weighted by atomic mass is 79.9. The molecule has 2 rings (SSSR count). The number of nitro benzene ring substituents is 1. The Morgan fingerprint density at radius 3 is 3.00 bits per heavy atom. The fraction of sp³-hybridized carbons (Fsp3) is 0.500. The van der Waals surface area contributed by atoms with Crippen molar-refractivity contribution < 1.29 is 4.92 Å². The minimum absolute atomic E-state index is 0.119. The van der Waals surface area contributed by atoms with Gasteiger partial charge in [-0.25, -0.2) is 0 Å². The number of hydrogen-bond acceptors (Lipinski definition) is 4. The van der Waals surface area contributed by atoms with Gasteiger partial charge in [-0.15, -0.1) is 0 Å². The Hall–Kier alpha value is -0.980. The van der Waals surface area contributed by atoms with Crippen molar-refractivity contribution in [1.82, 2.24) is 4.90 Å². The van der Waals surface area contributed by atoms with Crippen LogP contribution in [-0.2, 0) is 6.54 Å². The SMILES string of the molecule is NC1CCCN(Cc2ccc(Br)c([N+](=O)[O-])c2)C1. The predicted octanol–water partition coefficient (Wildman–Crippen LogP) is 2.28. The molecule has 0 saturated carbocycles. The second-order valence-electron chi connectivity index (χ2n) is 4.68. The Morgan fingerprint density at radius 2 is 2.33 bits per heavy atom. The number of nitrogens with zero attached hydrogens (tertiary/aromatic N) is 2. The second-order valence-corrected chi connectivity index (χ2v) is 5.53. The van der Waals surface area contributed by atoms with E-state index in [-0.39, 0.29) is 16.7 Å². The fourth-order valence-corrected chi connectivity index (χ4v) is 2.68. The molecule has 1 aliphatic rings. The van der Waals surface area contributed by atoms with Gasteiger partial charge in [-0.1, -0.05) is 6.07 Å². The van der Waals surface area contributed by atoms with Crippen LogP contribution in [0.2, 0.25) is 0 Å². The molecule has 0 aromatic heterocycles. The molecule has 0 amide bonds. The molecule has 1 heterocycles. The topological polar surface area (TPSA) is 72.4 Å². The van der Waals surface area contributed by atoms with E-state index >= 15 is 0 Å². The molecule has 18 heavy (non-hydrogen) atoms. The number of piperidine rings is 1. The zero-order chi connectivity index (χ0) is 13.1. The van der Waals surface area contributed by atoms with Crippen molar-refractivity contribution in [3.63, 3.8) is 0 Å². The fourth-order valence-electron chi connectivity index (χ4n) is 2.29. The van der Waals surface area contributed by atoms with Crippen molar-refractivity contribution in [2.24, 2.45) is 5.73 Å². The molecule has 0 bridgehead atoms. The van der Waals surface area contributed by atoms with Crippen LogP contribution in [0.15, 0.2) is 22.7 Å². The van der Waals surface area contributed by atoms with E-state index in [1.807, 2.05) is 6.07 Å². The summed E-state index contributed by atoms with van der Waals surface area (Å²) in [5, 5.41) is 10.9. The van der Waals surface area contributed by atoms with Gasteiger partial charge >= 0.3 is 0 Å². The molecule has 0 spiro atoms. The standard InChI is InChI=1S/C12H16BrN3O2/c13-11-4-3-9(6-12(11)16(17)18)7-15-5-1-2-10(14)8-15/h3-4,6,10H,1-2,5,7-8,14H2. The maximum absolute atomic E-state index is 10.9. The zero-order valence-electron chi connectivity index (χ0n) is 10.0. The van der Waals surface area contributed by atoms with Gasteiger partial charge in [-0.2, -0.15) is 0 Å². The number of benzene rings is 1. The van der Waals surface area contributed by atoms with Crippen molar-refractivity contribution in [3.05, 3.63) is 38.3 Å². The lowest BCUT2D eigenvalue weighted by atomic mass is 10.1. The summed E-state index contributed by atoms with van der Waals surface area (Å²) in [4.78, 5) is 12.7. The average Bonchev–Trinajstić information content (AvgIpc) is 2.31. The Labute approximate surface area is 114 Å². The smallest absolute Gasteiger partial charge is 0.283 e. The summed E-state index contributed by atoms with van der Waals surface area (Å²) >= 11 is 3.19. The lowest BCUT2D eigenvalue weighted by Crippen LogP contribution is -2.42. The largest absolute Gasteiger partial charge is 0.327 e. The highest BCUT2D eigenvalue weighted by Crippen LogP contribution is 2.26. The van der Waals surface area contributed by atoms with Crippen LogP contribution >= 0.6 is 15.9 Å². The molecule has 0 aliphatic carbocycles. The third kappa shape index (κ3) is 3.28. The van der Waals surface area contributed by atoms with Crippen molar-refractivity contribution in [1.29, 1.82) is 0 Å². The Bertz CT molecular complexity index is 453. The summed E-state index contributed by atoms with van der Waals surface area (Å²) < 4.78 is 0.520. The van der Waals surface area contributed by atoms with Crippen LogP contribution in [0.3, 0.4) is 0 Å². The number of nitrogens with two attached hydrogens (primary N) is 1. The molecular weight excluding hydrogens is 298 g/mol. The Kier molecular flexibility index (Phi) is 4.31. The summed E-state index contributed by atoms with van der Waals surface area (Å²) in [6.45, 7) is 2.60. The number of likely N-dealkylation sites (tertiary alicyclic amines) is 1. The predicted molar refractivity (Wildman–Crippen MR) is 73.3 cm³/mol. The molecule has 98 valence electrons. The summed E-state index contributed by atoms with van der Waals surface area (Å²) in [6.07, 6.45) is 2.16. The monoisotopic (exact) mass is 313 g/mol. The van der Waals surface area contributed by atoms with Crippen molar-refractivity contribution in [2.45, 2.75) is 25.4 Å². The summed E-state index contributed by atoms with van der Waals surface area (Å²) in [6, 6.07) is 5.50. The third-order valence-electron chi connectivity index (χ3n) is 3.16. The lowest BCUT2D eigenvalue weighted by Gasteiger charge is -2.30. The van der Waals surface area contributed by atoms with E-state index < -0.39 is 0 Å². The van der Waals surface area contributed by atoms with Gasteiger partial charge in [0, 0.05) is 25.2 Å². The van der Waals surface area contributed by atoms with E-state index in [1.54, 1.807) is 12.1 Å². The van der Waals surface area contributed by atoms with Crippen molar-refractivity contribution in [3.8, 4) is 0 Å². The first kappa shape index (κ1) is 13.5. The summed E-state index contributed by atoms with van der Waals surface area (Å²) in [7, 11) is 0. The van der Waals surface area contributed by atoms with Crippen LogP contribution in [0.5, 0.6) is 0 Å². The zero-order valence-corrected chi connectivity index (χ0v) is 11.6. The molecule has 1 unspecified atom stereocenters.